The Balaban J connectivity index is 1.37. The number of hydrogen-bond donors (Lipinski definition) is 1. The van der Waals surface area contributed by atoms with Crippen molar-refractivity contribution in [1.82, 2.24) is 20.2 Å². The number of H-pyrrole nitrogens is 1. The molecule has 0 spiro atoms. The molecule has 1 amide bonds. The van der Waals surface area contributed by atoms with Gasteiger partial charge in [0.2, 0.25) is 5.91 Å². The predicted octanol–water partition coefficient (Wildman–Crippen LogP) is 4.91. The van der Waals surface area contributed by atoms with Gasteiger partial charge < -0.3 is 9.88 Å². The quantitative estimate of drug-likeness (QED) is 0.459. The van der Waals surface area contributed by atoms with Crippen LogP contribution >= 0.6 is 0 Å². The molecule has 6 nitrogen and oxygen atoms in total. The van der Waals surface area contributed by atoms with Crippen LogP contribution in [0.5, 0.6) is 0 Å². The molecule has 2 aromatic heterocycles. The summed E-state index contributed by atoms with van der Waals surface area (Å²) in [4.78, 5) is 22.6. The number of alkyl halides is 1. The van der Waals surface area contributed by atoms with Crippen LogP contribution in [0.2, 0.25) is 0 Å². The highest BCUT2D eigenvalue weighted by Gasteiger charge is 2.55. The lowest BCUT2D eigenvalue weighted by Crippen LogP contribution is -2.56. The summed E-state index contributed by atoms with van der Waals surface area (Å²) in [6, 6.07) is 15.6. The molecule has 2 atom stereocenters. The molecule has 7 heteroatoms. The molecule has 2 aliphatic rings. The summed E-state index contributed by atoms with van der Waals surface area (Å²) in [5.41, 5.74) is 6.92. The van der Waals surface area contributed by atoms with E-state index in [1.807, 2.05) is 29.2 Å². The van der Waals surface area contributed by atoms with Gasteiger partial charge in [0.15, 0.2) is 0 Å². The summed E-state index contributed by atoms with van der Waals surface area (Å²) in [6.07, 6.45) is 3.91. The van der Waals surface area contributed by atoms with Crippen molar-refractivity contribution < 1.29 is 9.18 Å². The van der Waals surface area contributed by atoms with E-state index in [1.165, 1.54) is 0 Å². The van der Waals surface area contributed by atoms with Crippen LogP contribution in [-0.4, -0.2) is 26.1 Å². The van der Waals surface area contributed by atoms with Gasteiger partial charge in [-0.15, -0.1) is 0 Å². The fourth-order valence-electron chi connectivity index (χ4n) is 4.87. The van der Waals surface area contributed by atoms with Gasteiger partial charge in [0.25, 0.3) is 0 Å². The standard InChI is InChI=1S/C25H22FN5O/c1-14-10-16(20-8-5-17(12-26)29-30-20)4-7-19(14)24-23(15-2-3-15)25(32)31(24)18-6-9-21-22(11-18)28-13-27-21/h4-11,13,15,23-24H,2-3,12H2,1H3,(H,27,28). The van der Waals surface area contributed by atoms with E-state index in [2.05, 4.69) is 39.2 Å². The number of hydrogen-bond acceptors (Lipinski definition) is 4. The number of benzene rings is 2. The number of β-lactam (4-membered cyclic amide) rings is 1. The van der Waals surface area contributed by atoms with E-state index in [1.54, 1.807) is 18.5 Å². The predicted molar refractivity (Wildman–Crippen MR) is 120 cm³/mol. The second-order valence-electron chi connectivity index (χ2n) is 8.74. The smallest absolute Gasteiger partial charge is 0.233 e. The molecule has 6 rings (SSSR count). The number of imidazole rings is 1. The average molecular weight is 427 g/mol. The molecule has 2 aromatic carbocycles. The van der Waals surface area contributed by atoms with Crippen molar-refractivity contribution in [1.29, 1.82) is 0 Å². The van der Waals surface area contributed by atoms with Gasteiger partial charge in [0, 0.05) is 11.3 Å². The average Bonchev–Trinajstić information content (AvgIpc) is 3.52. The maximum absolute atomic E-state index is 13.2. The largest absolute Gasteiger partial charge is 0.345 e. The van der Waals surface area contributed by atoms with Crippen LogP contribution in [0.1, 0.15) is 35.7 Å². The van der Waals surface area contributed by atoms with Gasteiger partial charge in [-0.1, -0.05) is 12.1 Å². The molecule has 0 bridgehead atoms. The molecule has 2 unspecified atom stereocenters. The molecule has 0 radical (unpaired) electrons. The number of carbonyl (C=O) groups is 1. The van der Waals surface area contributed by atoms with Crippen LogP contribution in [0.3, 0.4) is 0 Å². The van der Waals surface area contributed by atoms with Gasteiger partial charge >= 0.3 is 0 Å². The molecular formula is C25H22FN5O. The number of aromatic amines is 1. The lowest BCUT2D eigenvalue weighted by atomic mass is 9.77. The topological polar surface area (TPSA) is 74.8 Å². The maximum atomic E-state index is 13.2. The Labute approximate surface area is 184 Å². The zero-order valence-electron chi connectivity index (χ0n) is 17.6. The number of carbonyl (C=O) groups excluding carboxylic acids is 1. The lowest BCUT2D eigenvalue weighted by Gasteiger charge is -2.48. The fraction of sp³-hybridized carbons (Fsp3) is 0.280. The minimum atomic E-state index is -0.622. The molecule has 2 fully saturated rings. The van der Waals surface area contributed by atoms with Crippen LogP contribution in [0.4, 0.5) is 10.1 Å². The zero-order valence-corrected chi connectivity index (χ0v) is 17.6. The van der Waals surface area contributed by atoms with Crippen molar-refractivity contribution in [3.05, 3.63) is 71.7 Å². The highest BCUT2D eigenvalue weighted by molar-refractivity contribution is 6.04. The molecular weight excluding hydrogens is 405 g/mol. The Hall–Kier alpha value is -3.61. The molecule has 3 heterocycles. The first-order chi connectivity index (χ1) is 15.6. The first-order valence-electron chi connectivity index (χ1n) is 10.9. The van der Waals surface area contributed by atoms with Gasteiger partial charge in [-0.05, 0) is 73.2 Å². The van der Waals surface area contributed by atoms with E-state index >= 15 is 0 Å². The number of nitrogens with one attached hydrogen (secondary N) is 1. The van der Waals surface area contributed by atoms with Gasteiger partial charge in [-0.25, -0.2) is 9.37 Å². The van der Waals surface area contributed by atoms with E-state index < -0.39 is 6.67 Å². The number of nitrogens with zero attached hydrogens (tertiary/aromatic N) is 4. The molecule has 1 aliphatic carbocycles. The number of amides is 1. The SMILES string of the molecule is Cc1cc(-c2ccc(CF)nn2)ccc1C1C(C2CC2)C(=O)N1c1ccc2[nH]cnc2c1. The number of fused-ring (bicyclic) bond motifs is 1. The minimum Gasteiger partial charge on any atom is -0.345 e. The van der Waals surface area contributed by atoms with Crippen molar-refractivity contribution in [2.75, 3.05) is 4.90 Å². The summed E-state index contributed by atoms with van der Waals surface area (Å²) in [5.74, 6) is 0.692. The first kappa shape index (κ1) is 19.1. The summed E-state index contributed by atoms with van der Waals surface area (Å²) in [6.45, 7) is 1.45. The molecule has 1 N–H and O–H groups in total. The molecule has 32 heavy (non-hydrogen) atoms. The third kappa shape index (κ3) is 2.99. The van der Waals surface area contributed by atoms with Gasteiger partial charge in [0.1, 0.15) is 6.67 Å². The molecule has 160 valence electrons. The molecule has 1 saturated carbocycles. The minimum absolute atomic E-state index is 0.0143. The number of aromatic nitrogens is 4. The van der Waals surface area contributed by atoms with Crippen molar-refractivity contribution in [2.45, 2.75) is 32.5 Å². The van der Waals surface area contributed by atoms with Crippen LogP contribution in [0.15, 0.2) is 54.9 Å². The van der Waals surface area contributed by atoms with Gasteiger partial charge in [-0.2, -0.15) is 10.2 Å². The Morgan fingerprint density at radius 2 is 1.97 bits per heavy atom. The zero-order chi connectivity index (χ0) is 21.8. The summed E-state index contributed by atoms with van der Waals surface area (Å²) < 4.78 is 12.8. The summed E-state index contributed by atoms with van der Waals surface area (Å²) in [5, 5.41) is 8.08. The normalized spacial score (nSPS) is 20.6. The summed E-state index contributed by atoms with van der Waals surface area (Å²) >= 11 is 0. The van der Waals surface area contributed by atoms with Crippen molar-refractivity contribution in [3.63, 3.8) is 0 Å². The Morgan fingerprint density at radius 3 is 2.69 bits per heavy atom. The third-order valence-corrected chi connectivity index (χ3v) is 6.69. The van der Waals surface area contributed by atoms with E-state index in [0.717, 1.165) is 46.3 Å². The number of rotatable bonds is 5. The Morgan fingerprint density at radius 1 is 1.09 bits per heavy atom. The lowest BCUT2D eigenvalue weighted by molar-refractivity contribution is -0.131. The molecule has 4 aromatic rings. The van der Waals surface area contributed by atoms with E-state index in [9.17, 15) is 9.18 Å². The number of anilines is 1. The van der Waals surface area contributed by atoms with Crippen molar-refractivity contribution in [3.8, 4) is 11.3 Å². The van der Waals surface area contributed by atoms with Gasteiger partial charge in [0.05, 0.1) is 40.7 Å². The monoisotopic (exact) mass is 427 g/mol. The third-order valence-electron chi connectivity index (χ3n) is 6.69. The highest BCUT2D eigenvalue weighted by atomic mass is 19.1. The second-order valence-corrected chi connectivity index (χ2v) is 8.74. The first-order valence-corrected chi connectivity index (χ1v) is 10.9. The maximum Gasteiger partial charge on any atom is 0.233 e. The van der Waals surface area contributed by atoms with Crippen molar-refractivity contribution >= 4 is 22.6 Å². The number of aryl methyl sites for hydroxylation is 1. The van der Waals surface area contributed by atoms with Gasteiger partial charge in [-0.3, -0.25) is 4.79 Å². The fourth-order valence-corrected chi connectivity index (χ4v) is 4.87. The van der Waals surface area contributed by atoms with E-state index in [4.69, 9.17) is 0 Å². The van der Waals surface area contributed by atoms with Crippen molar-refractivity contribution in [2.24, 2.45) is 11.8 Å². The second kappa shape index (κ2) is 7.22. The van der Waals surface area contributed by atoms with Crippen LogP contribution in [-0.2, 0) is 11.5 Å². The molecule has 1 saturated heterocycles. The van der Waals surface area contributed by atoms with Crippen LogP contribution < -0.4 is 4.90 Å². The Kier molecular flexibility index (Phi) is 4.31. The highest BCUT2D eigenvalue weighted by Crippen LogP contribution is 2.54. The summed E-state index contributed by atoms with van der Waals surface area (Å²) in [7, 11) is 0. The van der Waals surface area contributed by atoms with Crippen LogP contribution in [0.25, 0.3) is 22.3 Å². The van der Waals surface area contributed by atoms with E-state index in [0.29, 0.717) is 17.3 Å². The Bertz CT molecular complexity index is 1330. The van der Waals surface area contributed by atoms with Crippen LogP contribution in [0, 0.1) is 18.8 Å². The molecule has 1 aliphatic heterocycles. The number of halogens is 1. The van der Waals surface area contributed by atoms with E-state index in [-0.39, 0.29) is 17.9 Å².